The van der Waals surface area contributed by atoms with Crippen molar-refractivity contribution in [1.82, 2.24) is 30.2 Å². The number of aromatic carboxylic acids is 1. The molecule has 3 N–H and O–H groups in total. The van der Waals surface area contributed by atoms with Crippen molar-refractivity contribution in [3.05, 3.63) is 45.8 Å². The van der Waals surface area contributed by atoms with Crippen molar-refractivity contribution in [3.63, 3.8) is 0 Å². The fourth-order valence-corrected chi connectivity index (χ4v) is 7.20. The van der Waals surface area contributed by atoms with Crippen LogP contribution in [-0.2, 0) is 41.6 Å². The summed E-state index contributed by atoms with van der Waals surface area (Å²) in [5.41, 5.74) is 0.677. The number of hydrogen-bond acceptors (Lipinski definition) is 13. The summed E-state index contributed by atoms with van der Waals surface area (Å²) in [6.45, 7) is 12.5. The van der Waals surface area contributed by atoms with E-state index in [4.69, 9.17) is 28.4 Å². The third-order valence-corrected chi connectivity index (χ3v) is 10.5. The minimum atomic E-state index is -1.30. The van der Waals surface area contributed by atoms with Crippen LogP contribution in [0.5, 0.6) is 5.75 Å². The number of ether oxygens (including phenoxy) is 6. The number of rotatable bonds is 24. The average molecular weight is 832 g/mol. The predicted octanol–water partition coefficient (Wildman–Crippen LogP) is 3.41. The molecule has 59 heavy (non-hydrogen) atoms. The molecule has 3 fully saturated rings. The van der Waals surface area contributed by atoms with Crippen LogP contribution in [0.4, 0.5) is 10.1 Å². The summed E-state index contributed by atoms with van der Waals surface area (Å²) in [5.74, 6) is -0.448. The molecule has 0 bridgehead atoms. The van der Waals surface area contributed by atoms with E-state index in [9.17, 15) is 19.5 Å². The minimum Gasteiger partial charge on any atom is -0.492 e. The zero-order chi connectivity index (χ0) is 42.1. The number of anilines is 1. The molecule has 3 aliphatic rings. The first-order chi connectivity index (χ1) is 28.6. The van der Waals surface area contributed by atoms with Crippen LogP contribution in [0.15, 0.2) is 23.3 Å². The summed E-state index contributed by atoms with van der Waals surface area (Å²) in [6, 6.07) is 1.62. The summed E-state index contributed by atoms with van der Waals surface area (Å²) in [7, 11) is 3.08. The van der Waals surface area contributed by atoms with Crippen LogP contribution >= 0.6 is 0 Å². The lowest BCUT2D eigenvalue weighted by molar-refractivity contribution is -0.121. The maximum absolute atomic E-state index is 15.3. The Bertz CT molecular complexity index is 1840. The standard InChI is InChI=1S/C21H24FN3O4.C20H38N4O6/c1-29-20-17-13(19(26)14(21(27)28)9-25(17)12-4-5-12)7-15(22)18(20)24-8-11-3-2-6-23-16(11)10-24;1-18(2)4-6-24-16-19(22-23-24)17-30-15-14-29-13-12-28-11-10-27-9-8-26-7-5-20(25)21-3/h7,9,11-12,16,23H,2-6,8,10H2,1H3,(H,27,28);16,18H,4-15,17H2,1-3H3,(H,21,25)/t11-,16+;/m0./s1. The highest BCUT2D eigenvalue weighted by Gasteiger charge is 2.38. The molecule has 0 radical (unpaired) electrons. The highest BCUT2D eigenvalue weighted by atomic mass is 19.1. The van der Waals surface area contributed by atoms with Crippen LogP contribution in [0.2, 0.25) is 0 Å². The fourth-order valence-electron chi connectivity index (χ4n) is 7.20. The van der Waals surface area contributed by atoms with Crippen molar-refractivity contribution in [2.45, 2.75) is 77.6 Å². The van der Waals surface area contributed by atoms with Gasteiger partial charge in [0.25, 0.3) is 0 Å². The monoisotopic (exact) mass is 831 g/mol. The fraction of sp³-hybridized carbons (Fsp3) is 0.683. The number of carboxylic acid groups (broad SMARTS) is 1. The van der Waals surface area contributed by atoms with E-state index >= 15 is 4.39 Å². The second kappa shape index (κ2) is 23.6. The van der Waals surface area contributed by atoms with Crippen molar-refractivity contribution in [1.29, 1.82) is 0 Å². The number of carbonyl (C=O) groups is 2. The highest BCUT2D eigenvalue weighted by Crippen LogP contribution is 2.45. The molecule has 18 heteroatoms. The number of piperidine rings is 1. The highest BCUT2D eigenvalue weighted by molar-refractivity contribution is 5.97. The first-order valence-electron chi connectivity index (χ1n) is 20.8. The first kappa shape index (κ1) is 45.9. The van der Waals surface area contributed by atoms with E-state index in [2.05, 4.69) is 34.8 Å². The van der Waals surface area contributed by atoms with Gasteiger partial charge in [0, 0.05) is 51.4 Å². The Hall–Kier alpha value is -4.20. The smallest absolute Gasteiger partial charge is 0.341 e. The van der Waals surface area contributed by atoms with Crippen molar-refractivity contribution in [2.24, 2.45) is 11.8 Å². The summed E-state index contributed by atoms with van der Waals surface area (Å²) in [4.78, 5) is 37.3. The number of fused-ring (bicyclic) bond motifs is 2. The van der Waals surface area contributed by atoms with E-state index in [1.54, 1.807) is 11.6 Å². The summed E-state index contributed by atoms with van der Waals surface area (Å²) in [6.07, 6.45) is 8.78. The maximum Gasteiger partial charge on any atom is 0.341 e. The Balaban J connectivity index is 0.000000224. The normalized spacial score (nSPS) is 17.6. The number of carbonyl (C=O) groups excluding carboxylic acids is 1. The minimum absolute atomic E-state index is 0.0281. The quantitative estimate of drug-likeness (QED) is 0.111. The van der Waals surface area contributed by atoms with Crippen LogP contribution in [0.3, 0.4) is 0 Å². The van der Waals surface area contributed by atoms with E-state index in [1.807, 2.05) is 15.8 Å². The maximum atomic E-state index is 15.3. The molecule has 6 rings (SSSR count). The molecule has 1 amide bonds. The van der Waals surface area contributed by atoms with Crippen molar-refractivity contribution in [2.75, 3.05) is 98.2 Å². The predicted molar refractivity (Wildman–Crippen MR) is 218 cm³/mol. The summed E-state index contributed by atoms with van der Waals surface area (Å²) in [5, 5.41) is 23.7. The van der Waals surface area contributed by atoms with Crippen molar-refractivity contribution < 1.29 is 47.5 Å². The van der Waals surface area contributed by atoms with Gasteiger partial charge in [-0.1, -0.05) is 19.1 Å². The number of hydrogen-bond donors (Lipinski definition) is 3. The molecule has 0 unspecified atom stereocenters. The van der Waals surface area contributed by atoms with E-state index in [1.165, 1.54) is 19.4 Å². The van der Waals surface area contributed by atoms with Gasteiger partial charge in [-0.25, -0.2) is 9.18 Å². The van der Waals surface area contributed by atoms with E-state index < -0.39 is 17.2 Å². The Kier molecular flexibility index (Phi) is 18.3. The topological polar surface area (TPSA) is 190 Å². The Morgan fingerprint density at radius 2 is 1.63 bits per heavy atom. The van der Waals surface area contributed by atoms with Gasteiger partial charge >= 0.3 is 5.97 Å². The summed E-state index contributed by atoms with van der Waals surface area (Å²) >= 11 is 0. The molecule has 3 aromatic rings. The Morgan fingerprint density at radius 3 is 2.22 bits per heavy atom. The lowest BCUT2D eigenvalue weighted by Crippen LogP contribution is -2.40. The van der Waals surface area contributed by atoms with Crippen LogP contribution in [0.1, 0.15) is 74.5 Å². The van der Waals surface area contributed by atoms with Gasteiger partial charge in [0.1, 0.15) is 16.9 Å². The Labute approximate surface area is 344 Å². The van der Waals surface area contributed by atoms with Gasteiger partial charge in [-0.15, -0.1) is 5.10 Å². The molecule has 1 aliphatic carbocycles. The number of methoxy groups -OCH3 is 1. The summed E-state index contributed by atoms with van der Waals surface area (Å²) < 4.78 is 51.7. The molecule has 1 aromatic carbocycles. The number of pyridine rings is 1. The molecule has 4 heterocycles. The number of benzene rings is 1. The van der Waals surface area contributed by atoms with Crippen LogP contribution in [0.25, 0.3) is 10.9 Å². The van der Waals surface area contributed by atoms with Gasteiger partial charge in [0.05, 0.1) is 90.3 Å². The molecule has 2 aliphatic heterocycles. The second-order valence-electron chi connectivity index (χ2n) is 15.4. The molecular weight excluding hydrogens is 769 g/mol. The largest absolute Gasteiger partial charge is 0.492 e. The molecule has 1 saturated carbocycles. The zero-order valence-corrected chi connectivity index (χ0v) is 34.9. The molecule has 2 aromatic heterocycles. The number of carboxylic acids is 1. The first-order valence-corrected chi connectivity index (χ1v) is 20.8. The van der Waals surface area contributed by atoms with E-state index in [-0.39, 0.29) is 22.9 Å². The van der Waals surface area contributed by atoms with Gasteiger partial charge in [-0.05, 0) is 56.6 Å². The van der Waals surface area contributed by atoms with Gasteiger partial charge in [0.2, 0.25) is 11.3 Å². The molecule has 2 atom stereocenters. The third kappa shape index (κ3) is 13.7. The third-order valence-electron chi connectivity index (χ3n) is 10.5. The van der Waals surface area contributed by atoms with Crippen molar-refractivity contribution >= 4 is 28.5 Å². The van der Waals surface area contributed by atoms with Gasteiger partial charge in [-0.3, -0.25) is 14.3 Å². The van der Waals surface area contributed by atoms with Crippen molar-refractivity contribution in [3.8, 4) is 5.75 Å². The zero-order valence-electron chi connectivity index (χ0n) is 34.9. The SMILES string of the molecule is CNC(=O)CCOCCOCCOCCOCCOCc1cn(CCC(C)C)nn1.COc1c(N2C[C@@H]3CCCN[C@@H]3C2)c(F)cc2c(=O)c(C(=O)O)cn(C3CC3)c12. The molecule has 17 nitrogen and oxygen atoms in total. The number of halogens is 1. The van der Waals surface area contributed by atoms with E-state index in [0.29, 0.717) is 114 Å². The molecule has 328 valence electrons. The number of nitrogens with one attached hydrogen (secondary N) is 2. The molecule has 2 saturated heterocycles. The number of amides is 1. The second-order valence-corrected chi connectivity index (χ2v) is 15.4. The number of aromatic nitrogens is 4. The van der Waals surface area contributed by atoms with Gasteiger partial charge in [-0.2, -0.15) is 0 Å². The van der Waals surface area contributed by atoms with E-state index in [0.717, 1.165) is 57.4 Å². The lowest BCUT2D eigenvalue weighted by Gasteiger charge is -2.25. The van der Waals surface area contributed by atoms with Crippen LogP contribution in [0, 0.1) is 17.7 Å². The van der Waals surface area contributed by atoms with Gasteiger partial charge in [0.15, 0.2) is 11.6 Å². The molecule has 0 spiro atoms. The number of aryl methyl sites for hydroxylation is 1. The lowest BCUT2D eigenvalue weighted by atomic mass is 9.94. The molecular formula is C41H62FN7O10. The number of nitrogens with zero attached hydrogens (tertiary/aromatic N) is 5. The van der Waals surface area contributed by atoms with Crippen LogP contribution in [-0.4, -0.2) is 136 Å². The van der Waals surface area contributed by atoms with Gasteiger partial charge < -0.3 is 53.6 Å². The van der Waals surface area contributed by atoms with Crippen LogP contribution < -0.4 is 25.7 Å². The average Bonchev–Trinajstić information content (AvgIpc) is 3.82. The Morgan fingerprint density at radius 1 is 0.966 bits per heavy atom.